The molecule has 0 atom stereocenters. The van der Waals surface area contributed by atoms with Gasteiger partial charge in [0.2, 0.25) is 10.0 Å². The Bertz CT molecular complexity index is 1540. The zero-order chi connectivity index (χ0) is 29.5. The highest BCUT2D eigenvalue weighted by Crippen LogP contribution is 2.35. The number of hydrogen-bond acceptors (Lipinski definition) is 8. The number of anilines is 3. The monoisotopic (exact) mass is 598 g/mol. The molecule has 0 amide bonds. The third-order valence-electron chi connectivity index (χ3n) is 6.03. The van der Waals surface area contributed by atoms with Crippen molar-refractivity contribution in [3.05, 3.63) is 78.5 Å². The molecule has 2 aromatic heterocycles. The Morgan fingerprint density at radius 2 is 1.83 bits per heavy atom. The van der Waals surface area contributed by atoms with Crippen LogP contribution in [-0.2, 0) is 28.1 Å². The minimum absolute atomic E-state index is 0.0694. The first kappa shape index (κ1) is 30.2. The molecule has 2 aromatic carbocycles. The fourth-order valence-electron chi connectivity index (χ4n) is 3.68. The lowest BCUT2D eigenvalue weighted by molar-refractivity contribution is 0.0803. The molecular formula is C28H35FN6O4SSi. The maximum Gasteiger partial charge on any atom is 0.232 e. The van der Waals surface area contributed by atoms with Crippen LogP contribution in [0.15, 0.2) is 67.1 Å². The van der Waals surface area contributed by atoms with E-state index in [9.17, 15) is 12.8 Å². The molecule has 0 bridgehead atoms. The molecule has 4 rings (SSSR count). The van der Waals surface area contributed by atoms with Crippen LogP contribution in [0.5, 0.6) is 5.75 Å². The summed E-state index contributed by atoms with van der Waals surface area (Å²) in [6, 6.07) is 13.9. The van der Waals surface area contributed by atoms with Gasteiger partial charge >= 0.3 is 0 Å². The lowest BCUT2D eigenvalue weighted by atomic mass is 10.1. The van der Waals surface area contributed by atoms with Gasteiger partial charge < -0.3 is 14.8 Å². The molecule has 41 heavy (non-hydrogen) atoms. The Morgan fingerprint density at radius 1 is 1.05 bits per heavy atom. The maximum atomic E-state index is 13.4. The standard InChI is InChI=1S/C28H35FN6O4SSi/c1-5-40(36,37)34-23-10-11-24(26(16-23)39-19-21-6-8-22(29)9-7-21)25-17-28(32-27-18-30-12-13-31-27)35(33-25)20-38-14-15-41(2,3)4/h6-13,16-18,34H,5,14-15,19-20H2,1-4H3,(H,31,32). The van der Waals surface area contributed by atoms with Crippen LogP contribution < -0.4 is 14.8 Å². The first-order valence-corrected chi connectivity index (χ1v) is 18.6. The van der Waals surface area contributed by atoms with E-state index < -0.39 is 18.1 Å². The van der Waals surface area contributed by atoms with Gasteiger partial charge in [0.05, 0.1) is 23.3 Å². The molecule has 13 heteroatoms. The Labute approximate surface area is 241 Å². The number of hydrogen-bond donors (Lipinski definition) is 2. The second-order valence-electron chi connectivity index (χ2n) is 10.6. The minimum atomic E-state index is -3.50. The van der Waals surface area contributed by atoms with Crippen molar-refractivity contribution in [3.63, 3.8) is 0 Å². The van der Waals surface area contributed by atoms with Crippen LogP contribution in [0, 0.1) is 5.82 Å². The van der Waals surface area contributed by atoms with E-state index in [1.54, 1.807) is 60.5 Å². The molecule has 218 valence electrons. The molecule has 0 saturated heterocycles. The van der Waals surface area contributed by atoms with Crippen LogP contribution in [0.1, 0.15) is 12.5 Å². The highest BCUT2D eigenvalue weighted by atomic mass is 32.2. The summed E-state index contributed by atoms with van der Waals surface area (Å²) in [5.41, 5.74) is 2.32. The van der Waals surface area contributed by atoms with Crippen molar-refractivity contribution in [1.29, 1.82) is 0 Å². The van der Waals surface area contributed by atoms with Gasteiger partial charge in [-0.2, -0.15) is 5.10 Å². The number of sulfonamides is 1. The van der Waals surface area contributed by atoms with Crippen molar-refractivity contribution in [2.24, 2.45) is 0 Å². The van der Waals surface area contributed by atoms with Gasteiger partial charge in [-0.05, 0) is 42.8 Å². The van der Waals surface area contributed by atoms with Gasteiger partial charge in [0.25, 0.3) is 0 Å². The second-order valence-corrected chi connectivity index (χ2v) is 18.2. The van der Waals surface area contributed by atoms with E-state index in [1.165, 1.54) is 12.1 Å². The molecule has 2 N–H and O–H groups in total. The number of halogens is 1. The molecule has 0 aliphatic carbocycles. The molecule has 0 unspecified atom stereocenters. The molecule has 4 aromatic rings. The first-order valence-electron chi connectivity index (χ1n) is 13.2. The van der Waals surface area contributed by atoms with Crippen molar-refractivity contribution < 1.29 is 22.3 Å². The quantitative estimate of drug-likeness (QED) is 0.137. The first-order chi connectivity index (χ1) is 19.5. The predicted octanol–water partition coefficient (Wildman–Crippen LogP) is 5.88. The normalized spacial score (nSPS) is 11.8. The molecule has 2 heterocycles. The fraction of sp³-hybridized carbons (Fsp3) is 0.321. The highest BCUT2D eigenvalue weighted by molar-refractivity contribution is 7.92. The number of benzene rings is 2. The summed E-state index contributed by atoms with van der Waals surface area (Å²) in [7, 11) is -4.77. The minimum Gasteiger partial charge on any atom is -0.488 e. The zero-order valence-corrected chi connectivity index (χ0v) is 25.4. The topological polar surface area (TPSA) is 120 Å². The average molecular weight is 599 g/mol. The van der Waals surface area contributed by atoms with Gasteiger partial charge in [-0.1, -0.05) is 31.8 Å². The van der Waals surface area contributed by atoms with Gasteiger partial charge in [0.1, 0.15) is 36.5 Å². The van der Waals surface area contributed by atoms with Crippen molar-refractivity contribution in [2.45, 2.75) is 45.9 Å². The van der Waals surface area contributed by atoms with Gasteiger partial charge in [0.15, 0.2) is 0 Å². The van der Waals surface area contributed by atoms with E-state index in [4.69, 9.17) is 14.6 Å². The molecule has 10 nitrogen and oxygen atoms in total. The van der Waals surface area contributed by atoms with Gasteiger partial charge in [-0.15, -0.1) is 0 Å². The molecule has 0 fully saturated rings. The molecule has 0 aliphatic heterocycles. The summed E-state index contributed by atoms with van der Waals surface area (Å²) in [5, 5.41) is 8.02. The van der Waals surface area contributed by atoms with Crippen LogP contribution in [-0.4, -0.2) is 48.6 Å². The number of aromatic nitrogens is 4. The van der Waals surface area contributed by atoms with Crippen molar-refractivity contribution in [2.75, 3.05) is 22.4 Å². The Kier molecular flexibility index (Phi) is 9.73. The maximum absolute atomic E-state index is 13.4. The van der Waals surface area contributed by atoms with E-state index in [0.29, 0.717) is 40.9 Å². The molecule has 0 saturated carbocycles. The van der Waals surface area contributed by atoms with Gasteiger partial charge in [0, 0.05) is 44.8 Å². The molecular weight excluding hydrogens is 563 g/mol. The van der Waals surface area contributed by atoms with Crippen LogP contribution in [0.4, 0.5) is 21.7 Å². The van der Waals surface area contributed by atoms with Crippen molar-refractivity contribution in [1.82, 2.24) is 19.7 Å². The lowest BCUT2D eigenvalue weighted by Crippen LogP contribution is -2.22. The van der Waals surface area contributed by atoms with Gasteiger partial charge in [-0.25, -0.2) is 22.5 Å². The SMILES string of the molecule is CCS(=O)(=O)Nc1ccc(-c2cc(Nc3cnccn3)n(COCC[Si](C)(C)C)n2)c(OCc2ccc(F)cc2)c1. The highest BCUT2D eigenvalue weighted by Gasteiger charge is 2.18. The predicted molar refractivity (Wildman–Crippen MR) is 161 cm³/mol. The summed E-state index contributed by atoms with van der Waals surface area (Å²) in [6.07, 6.45) is 4.79. The van der Waals surface area contributed by atoms with E-state index >= 15 is 0 Å². The van der Waals surface area contributed by atoms with Crippen molar-refractivity contribution in [3.8, 4) is 17.0 Å². The van der Waals surface area contributed by atoms with E-state index in [2.05, 4.69) is 39.6 Å². The van der Waals surface area contributed by atoms with E-state index in [0.717, 1.165) is 11.6 Å². The van der Waals surface area contributed by atoms with Crippen LogP contribution in [0.2, 0.25) is 25.7 Å². The molecule has 0 radical (unpaired) electrons. The third-order valence-corrected chi connectivity index (χ3v) is 9.04. The Balaban J connectivity index is 1.67. The fourth-order valence-corrected chi connectivity index (χ4v) is 5.07. The number of nitrogens with zero attached hydrogens (tertiary/aromatic N) is 4. The number of ether oxygens (including phenoxy) is 2. The van der Waals surface area contributed by atoms with Gasteiger partial charge in [-0.3, -0.25) is 9.71 Å². The smallest absolute Gasteiger partial charge is 0.232 e. The zero-order valence-electron chi connectivity index (χ0n) is 23.6. The summed E-state index contributed by atoms with van der Waals surface area (Å²) < 4.78 is 54.2. The summed E-state index contributed by atoms with van der Waals surface area (Å²) >= 11 is 0. The lowest BCUT2D eigenvalue weighted by Gasteiger charge is -2.16. The summed E-state index contributed by atoms with van der Waals surface area (Å²) in [5.74, 6) is 1.17. The van der Waals surface area contributed by atoms with E-state index in [1.807, 2.05) is 6.07 Å². The van der Waals surface area contributed by atoms with E-state index in [-0.39, 0.29) is 24.9 Å². The number of nitrogens with one attached hydrogen (secondary N) is 2. The van der Waals surface area contributed by atoms with Crippen LogP contribution in [0.25, 0.3) is 11.3 Å². The Hall–Kier alpha value is -3.81. The second kappa shape index (κ2) is 13.2. The van der Waals surface area contributed by atoms with Crippen LogP contribution >= 0.6 is 0 Å². The molecule has 0 spiro atoms. The van der Waals surface area contributed by atoms with Crippen molar-refractivity contribution >= 4 is 35.4 Å². The largest absolute Gasteiger partial charge is 0.488 e. The third kappa shape index (κ3) is 9.10. The molecule has 0 aliphatic rings. The van der Waals surface area contributed by atoms with Crippen LogP contribution in [0.3, 0.4) is 0 Å². The average Bonchev–Trinajstić information content (AvgIpc) is 3.32. The Morgan fingerprint density at radius 3 is 2.51 bits per heavy atom. The number of rotatable bonds is 14. The summed E-state index contributed by atoms with van der Waals surface area (Å²) in [4.78, 5) is 8.42. The summed E-state index contributed by atoms with van der Waals surface area (Å²) in [6.45, 7) is 9.42.